The summed E-state index contributed by atoms with van der Waals surface area (Å²) in [5.41, 5.74) is -0.0764. The Morgan fingerprint density at radius 2 is 2.33 bits per heavy atom. The van der Waals surface area contributed by atoms with Crippen molar-refractivity contribution in [2.24, 2.45) is 7.05 Å². The molecule has 0 aliphatic carbocycles. The van der Waals surface area contributed by atoms with Crippen LogP contribution in [-0.4, -0.2) is 9.78 Å². The molecule has 1 heterocycles. The zero-order valence-corrected chi connectivity index (χ0v) is 5.76. The fraction of sp³-hybridized carbons (Fsp3) is 0.200. The molecule has 4 heteroatoms. The lowest BCUT2D eigenvalue weighted by Gasteiger charge is -1.87. The summed E-state index contributed by atoms with van der Waals surface area (Å²) < 4.78 is 1.28. The van der Waals surface area contributed by atoms with Crippen LogP contribution in [0.25, 0.3) is 0 Å². The summed E-state index contributed by atoms with van der Waals surface area (Å²) in [6.45, 7) is 0. The summed E-state index contributed by atoms with van der Waals surface area (Å²) in [5.74, 6) is 0. The highest BCUT2D eigenvalue weighted by Crippen LogP contribution is 1.66. The molecule has 0 unspecified atom stereocenters. The van der Waals surface area contributed by atoms with Crippen LogP contribution in [0.4, 0.5) is 0 Å². The van der Waals surface area contributed by atoms with Crippen LogP contribution in [0.5, 0.6) is 0 Å². The molecular weight excluding hydrogens is 140 g/mol. The number of hydrogen-bond acceptors (Lipinski definition) is 2. The van der Waals surface area contributed by atoms with E-state index < -0.39 is 0 Å². The third-order valence-corrected chi connectivity index (χ3v) is 0.884. The smallest absolute Gasteiger partial charge is 0.266 e. The van der Waals surface area contributed by atoms with Crippen LogP contribution >= 0.6 is 12.4 Å². The molecule has 0 amide bonds. The van der Waals surface area contributed by atoms with Gasteiger partial charge >= 0.3 is 0 Å². The van der Waals surface area contributed by atoms with E-state index in [1.807, 2.05) is 0 Å². The largest absolute Gasteiger partial charge is 0.268 e. The standard InChI is InChI=1S/C5H6N2O.ClH/c1-7-5(8)3-2-4-6-7;/h2-4H,1H3;1H. The van der Waals surface area contributed by atoms with Crippen LogP contribution in [-0.2, 0) is 7.05 Å². The molecular formula is C5H7ClN2O. The maximum absolute atomic E-state index is 10.5. The second kappa shape index (κ2) is 3.25. The SMILES string of the molecule is Cl.Cn1ncccc1=O. The van der Waals surface area contributed by atoms with Gasteiger partial charge in [-0.25, -0.2) is 4.68 Å². The van der Waals surface area contributed by atoms with Gasteiger partial charge in [0, 0.05) is 19.3 Å². The molecule has 9 heavy (non-hydrogen) atoms. The first-order chi connectivity index (χ1) is 3.80. The van der Waals surface area contributed by atoms with Crippen molar-refractivity contribution in [3.05, 3.63) is 28.7 Å². The van der Waals surface area contributed by atoms with E-state index >= 15 is 0 Å². The summed E-state index contributed by atoms with van der Waals surface area (Å²) in [4.78, 5) is 10.5. The van der Waals surface area contributed by atoms with E-state index in [0.717, 1.165) is 0 Å². The second-order valence-corrected chi connectivity index (χ2v) is 1.49. The van der Waals surface area contributed by atoms with Gasteiger partial charge in [-0.1, -0.05) is 0 Å². The first-order valence-electron chi connectivity index (χ1n) is 2.29. The third kappa shape index (κ3) is 1.85. The maximum atomic E-state index is 10.5. The average molecular weight is 147 g/mol. The molecule has 0 aliphatic heterocycles. The van der Waals surface area contributed by atoms with E-state index in [1.54, 1.807) is 19.3 Å². The molecule has 50 valence electrons. The van der Waals surface area contributed by atoms with Gasteiger partial charge in [-0.15, -0.1) is 12.4 Å². The number of rotatable bonds is 0. The minimum atomic E-state index is -0.0764. The highest BCUT2D eigenvalue weighted by atomic mass is 35.5. The molecule has 0 aromatic carbocycles. The quantitative estimate of drug-likeness (QED) is 0.524. The monoisotopic (exact) mass is 146 g/mol. The summed E-state index contributed by atoms with van der Waals surface area (Å²) in [6.07, 6.45) is 1.57. The number of aryl methyl sites for hydroxylation is 1. The van der Waals surface area contributed by atoms with Crippen LogP contribution in [0.1, 0.15) is 0 Å². The predicted molar refractivity (Wildman–Crippen MR) is 36.7 cm³/mol. The Morgan fingerprint density at radius 1 is 1.67 bits per heavy atom. The molecule has 3 nitrogen and oxygen atoms in total. The normalized spacial score (nSPS) is 8.11. The van der Waals surface area contributed by atoms with Gasteiger partial charge in [0.1, 0.15) is 0 Å². The summed E-state index contributed by atoms with van der Waals surface area (Å²) >= 11 is 0. The number of aromatic nitrogens is 2. The summed E-state index contributed by atoms with van der Waals surface area (Å²) in [5, 5.41) is 3.68. The Balaban J connectivity index is 0.000000640. The Bertz CT molecular complexity index is 232. The van der Waals surface area contributed by atoms with E-state index in [-0.39, 0.29) is 18.0 Å². The van der Waals surface area contributed by atoms with Gasteiger partial charge in [-0.3, -0.25) is 4.79 Å². The van der Waals surface area contributed by atoms with Crippen LogP contribution in [0.2, 0.25) is 0 Å². The first kappa shape index (κ1) is 8.17. The molecule has 0 bridgehead atoms. The maximum Gasteiger partial charge on any atom is 0.266 e. The van der Waals surface area contributed by atoms with Gasteiger partial charge in [0.25, 0.3) is 5.56 Å². The van der Waals surface area contributed by atoms with Crippen LogP contribution in [0, 0.1) is 0 Å². The Hall–Kier alpha value is -0.830. The van der Waals surface area contributed by atoms with E-state index in [1.165, 1.54) is 10.7 Å². The van der Waals surface area contributed by atoms with Crippen molar-refractivity contribution < 1.29 is 0 Å². The molecule has 0 spiro atoms. The van der Waals surface area contributed by atoms with Gasteiger partial charge < -0.3 is 0 Å². The van der Waals surface area contributed by atoms with Crippen molar-refractivity contribution in [2.45, 2.75) is 0 Å². The highest BCUT2D eigenvalue weighted by Gasteiger charge is 1.80. The molecule has 1 aromatic rings. The number of nitrogens with zero attached hydrogens (tertiary/aromatic N) is 2. The molecule has 0 N–H and O–H groups in total. The minimum absolute atomic E-state index is 0. The van der Waals surface area contributed by atoms with E-state index in [0.29, 0.717) is 0 Å². The first-order valence-corrected chi connectivity index (χ1v) is 2.29. The van der Waals surface area contributed by atoms with Crippen LogP contribution < -0.4 is 5.56 Å². The van der Waals surface area contributed by atoms with Crippen LogP contribution in [0.15, 0.2) is 23.1 Å². The van der Waals surface area contributed by atoms with Gasteiger partial charge in [0.15, 0.2) is 0 Å². The van der Waals surface area contributed by atoms with Crippen molar-refractivity contribution in [3.8, 4) is 0 Å². The molecule has 0 aliphatic rings. The van der Waals surface area contributed by atoms with E-state index in [4.69, 9.17) is 0 Å². The highest BCUT2D eigenvalue weighted by molar-refractivity contribution is 5.85. The third-order valence-electron chi connectivity index (χ3n) is 0.884. The number of halogens is 1. The molecule has 0 saturated heterocycles. The predicted octanol–water partition coefficient (Wildman–Crippen LogP) is 0.202. The second-order valence-electron chi connectivity index (χ2n) is 1.49. The van der Waals surface area contributed by atoms with Crippen molar-refractivity contribution in [1.82, 2.24) is 9.78 Å². The van der Waals surface area contributed by atoms with E-state index in [9.17, 15) is 4.79 Å². The van der Waals surface area contributed by atoms with Crippen molar-refractivity contribution in [2.75, 3.05) is 0 Å². The molecule has 0 atom stereocenters. The van der Waals surface area contributed by atoms with Crippen molar-refractivity contribution >= 4 is 12.4 Å². The molecule has 0 radical (unpaired) electrons. The van der Waals surface area contributed by atoms with Crippen molar-refractivity contribution in [1.29, 1.82) is 0 Å². The van der Waals surface area contributed by atoms with Crippen molar-refractivity contribution in [3.63, 3.8) is 0 Å². The molecule has 0 saturated carbocycles. The average Bonchev–Trinajstić information content (AvgIpc) is 1.77. The Morgan fingerprint density at radius 3 is 2.67 bits per heavy atom. The summed E-state index contributed by atoms with van der Waals surface area (Å²) in [7, 11) is 1.61. The fourth-order valence-electron chi connectivity index (χ4n) is 0.429. The molecule has 1 aromatic heterocycles. The fourth-order valence-corrected chi connectivity index (χ4v) is 0.429. The van der Waals surface area contributed by atoms with Gasteiger partial charge in [-0.2, -0.15) is 5.10 Å². The Kier molecular flexibility index (Phi) is 2.95. The van der Waals surface area contributed by atoms with Gasteiger partial charge in [0.2, 0.25) is 0 Å². The molecule has 1 rings (SSSR count). The lowest BCUT2D eigenvalue weighted by molar-refractivity contribution is 0.707. The Labute approximate surface area is 58.7 Å². The zero-order valence-electron chi connectivity index (χ0n) is 4.94. The summed E-state index contributed by atoms with van der Waals surface area (Å²) in [6, 6.07) is 3.08. The van der Waals surface area contributed by atoms with Gasteiger partial charge in [0.05, 0.1) is 0 Å². The topological polar surface area (TPSA) is 34.9 Å². The van der Waals surface area contributed by atoms with Gasteiger partial charge in [-0.05, 0) is 6.07 Å². The zero-order chi connectivity index (χ0) is 5.98. The van der Waals surface area contributed by atoms with E-state index in [2.05, 4.69) is 5.10 Å². The minimum Gasteiger partial charge on any atom is -0.268 e. The molecule has 0 fully saturated rings. The lowest BCUT2D eigenvalue weighted by atomic mass is 10.6. The lowest BCUT2D eigenvalue weighted by Crippen LogP contribution is -2.16. The number of hydrogen-bond donors (Lipinski definition) is 0. The van der Waals surface area contributed by atoms with Crippen LogP contribution in [0.3, 0.4) is 0 Å².